The molecule has 10 heteroatoms. The van der Waals surface area contributed by atoms with E-state index < -0.39 is 0 Å². The fourth-order valence-electron chi connectivity index (χ4n) is 3.34. The first-order valence-corrected chi connectivity index (χ1v) is 9.22. The minimum absolute atomic E-state index is 0.329. The van der Waals surface area contributed by atoms with Crippen molar-refractivity contribution < 1.29 is 9.53 Å². The Hall–Kier alpha value is -3.30. The first kappa shape index (κ1) is 18.1. The highest BCUT2D eigenvalue weighted by Crippen LogP contribution is 2.24. The summed E-state index contributed by atoms with van der Waals surface area (Å²) in [5.41, 5.74) is 1.85. The number of piperazine rings is 1. The van der Waals surface area contributed by atoms with Crippen LogP contribution in [-0.2, 0) is 11.8 Å². The number of esters is 1. The molecule has 4 heterocycles. The highest BCUT2D eigenvalue weighted by atomic mass is 16.5. The zero-order valence-corrected chi connectivity index (χ0v) is 16.2. The molecule has 0 atom stereocenters. The Bertz CT molecular complexity index is 1010. The van der Waals surface area contributed by atoms with Gasteiger partial charge in [-0.3, -0.25) is 4.68 Å². The van der Waals surface area contributed by atoms with Gasteiger partial charge in [-0.05, 0) is 13.8 Å². The summed E-state index contributed by atoms with van der Waals surface area (Å²) in [6, 6.07) is 0. The molecule has 0 N–H and O–H groups in total. The fourth-order valence-corrected chi connectivity index (χ4v) is 3.34. The molecule has 0 radical (unpaired) electrons. The molecule has 0 saturated carbocycles. The molecular formula is C18H22N8O2. The van der Waals surface area contributed by atoms with Gasteiger partial charge in [0.25, 0.3) is 0 Å². The summed E-state index contributed by atoms with van der Waals surface area (Å²) >= 11 is 0. The molecule has 0 aliphatic carbocycles. The van der Waals surface area contributed by atoms with Crippen LogP contribution in [-0.4, -0.2) is 68.5 Å². The van der Waals surface area contributed by atoms with Crippen LogP contribution in [0.5, 0.6) is 0 Å². The maximum atomic E-state index is 11.9. The van der Waals surface area contributed by atoms with Crippen molar-refractivity contribution in [2.24, 2.45) is 7.05 Å². The quantitative estimate of drug-likeness (QED) is 0.611. The zero-order chi connectivity index (χ0) is 19.7. The number of aryl methyl sites for hydroxylation is 2. The maximum Gasteiger partial charge on any atom is 0.341 e. The Morgan fingerprint density at radius 2 is 1.86 bits per heavy atom. The van der Waals surface area contributed by atoms with Gasteiger partial charge in [0.2, 0.25) is 5.95 Å². The summed E-state index contributed by atoms with van der Waals surface area (Å²) in [6.45, 7) is 6.97. The minimum atomic E-state index is -0.388. The predicted octanol–water partition coefficient (Wildman–Crippen LogP) is 0.965. The number of fused-ring (bicyclic) bond motifs is 1. The number of hydrogen-bond donors (Lipinski definition) is 0. The largest absolute Gasteiger partial charge is 0.462 e. The number of ether oxygens (including phenoxy) is 1. The first-order valence-electron chi connectivity index (χ1n) is 9.22. The molecule has 1 aliphatic rings. The highest BCUT2D eigenvalue weighted by Gasteiger charge is 2.23. The topological polar surface area (TPSA) is 102 Å². The van der Waals surface area contributed by atoms with E-state index in [0.29, 0.717) is 23.8 Å². The average Bonchev–Trinajstić information content (AvgIpc) is 3.09. The Morgan fingerprint density at radius 3 is 2.57 bits per heavy atom. The van der Waals surface area contributed by atoms with Crippen molar-refractivity contribution in [1.29, 1.82) is 0 Å². The van der Waals surface area contributed by atoms with Gasteiger partial charge >= 0.3 is 5.97 Å². The zero-order valence-electron chi connectivity index (χ0n) is 16.2. The van der Waals surface area contributed by atoms with Gasteiger partial charge < -0.3 is 14.5 Å². The third kappa shape index (κ3) is 3.21. The van der Waals surface area contributed by atoms with E-state index in [1.165, 1.54) is 0 Å². The Kier molecular flexibility index (Phi) is 4.76. The van der Waals surface area contributed by atoms with Crippen molar-refractivity contribution in [3.05, 3.63) is 30.0 Å². The molecule has 1 saturated heterocycles. The Morgan fingerprint density at radius 1 is 1.11 bits per heavy atom. The number of rotatable bonds is 4. The van der Waals surface area contributed by atoms with Crippen molar-refractivity contribution in [2.45, 2.75) is 13.8 Å². The molecule has 0 amide bonds. The summed E-state index contributed by atoms with van der Waals surface area (Å²) in [7, 11) is 1.87. The lowest BCUT2D eigenvalue weighted by atomic mass is 10.2. The van der Waals surface area contributed by atoms with Gasteiger partial charge in [0.15, 0.2) is 5.65 Å². The molecule has 1 aliphatic heterocycles. The molecule has 3 aromatic rings. The van der Waals surface area contributed by atoms with Crippen LogP contribution in [0.1, 0.15) is 23.0 Å². The summed E-state index contributed by atoms with van der Waals surface area (Å²) in [4.78, 5) is 33.9. The normalized spacial score (nSPS) is 14.5. The molecule has 28 heavy (non-hydrogen) atoms. The molecule has 1 fully saturated rings. The smallest absolute Gasteiger partial charge is 0.341 e. The third-order valence-corrected chi connectivity index (χ3v) is 4.83. The van der Waals surface area contributed by atoms with Crippen LogP contribution < -0.4 is 9.80 Å². The van der Waals surface area contributed by atoms with Crippen LogP contribution in [0.3, 0.4) is 0 Å². The average molecular weight is 382 g/mol. The maximum absolute atomic E-state index is 11.9. The SMILES string of the molecule is CCOC(=O)c1cnc(N2CCN(c3ncnc4c3cnn4C)CC2)nc1C. The lowest BCUT2D eigenvalue weighted by molar-refractivity contribution is 0.0524. The van der Waals surface area contributed by atoms with E-state index in [2.05, 4.69) is 34.8 Å². The summed E-state index contributed by atoms with van der Waals surface area (Å²) in [6.07, 6.45) is 4.93. The fraction of sp³-hybridized carbons (Fsp3) is 0.444. The summed E-state index contributed by atoms with van der Waals surface area (Å²) in [5.74, 6) is 1.13. The van der Waals surface area contributed by atoms with Crippen molar-refractivity contribution in [2.75, 3.05) is 42.6 Å². The molecule has 0 bridgehead atoms. The monoisotopic (exact) mass is 382 g/mol. The second-order valence-electron chi connectivity index (χ2n) is 6.57. The van der Waals surface area contributed by atoms with Gasteiger partial charge in [-0.2, -0.15) is 5.10 Å². The van der Waals surface area contributed by atoms with Crippen LogP contribution >= 0.6 is 0 Å². The van der Waals surface area contributed by atoms with Crippen molar-refractivity contribution in [3.8, 4) is 0 Å². The van der Waals surface area contributed by atoms with Gasteiger partial charge in [-0.1, -0.05) is 0 Å². The predicted molar refractivity (Wildman–Crippen MR) is 103 cm³/mol. The Balaban J connectivity index is 1.48. The second kappa shape index (κ2) is 7.37. The molecule has 3 aromatic heterocycles. The molecular weight excluding hydrogens is 360 g/mol. The number of nitrogens with zero attached hydrogens (tertiary/aromatic N) is 8. The number of anilines is 2. The minimum Gasteiger partial charge on any atom is -0.462 e. The summed E-state index contributed by atoms with van der Waals surface area (Å²) < 4.78 is 6.78. The van der Waals surface area contributed by atoms with Crippen LogP contribution in [0, 0.1) is 6.92 Å². The van der Waals surface area contributed by atoms with Crippen molar-refractivity contribution in [1.82, 2.24) is 29.7 Å². The van der Waals surface area contributed by atoms with E-state index in [0.717, 1.165) is 43.0 Å². The van der Waals surface area contributed by atoms with E-state index in [1.54, 1.807) is 37.3 Å². The van der Waals surface area contributed by atoms with Gasteiger partial charge in [0.1, 0.15) is 12.1 Å². The molecule has 0 unspecified atom stereocenters. The number of hydrogen-bond acceptors (Lipinski definition) is 9. The first-order chi connectivity index (χ1) is 13.6. The van der Waals surface area contributed by atoms with Crippen LogP contribution in [0.4, 0.5) is 11.8 Å². The standard InChI is InChI=1S/C18H22N8O2/c1-4-28-17(27)13-9-19-18(23-12(13)2)26-7-5-25(6-8-26)16-14-10-22-24(3)15(14)20-11-21-16/h9-11H,4-8H2,1-3H3. The van der Waals surface area contributed by atoms with Crippen molar-refractivity contribution >= 4 is 28.8 Å². The number of carbonyl (C=O) groups is 1. The van der Waals surface area contributed by atoms with E-state index in [1.807, 2.05) is 7.05 Å². The highest BCUT2D eigenvalue weighted by molar-refractivity contribution is 5.90. The number of aromatic nitrogens is 6. The molecule has 0 spiro atoms. The van der Waals surface area contributed by atoms with Gasteiger partial charge in [-0.25, -0.2) is 24.7 Å². The second-order valence-corrected chi connectivity index (χ2v) is 6.57. The van der Waals surface area contributed by atoms with Crippen LogP contribution in [0.15, 0.2) is 18.7 Å². The third-order valence-electron chi connectivity index (χ3n) is 4.83. The molecule has 146 valence electrons. The van der Waals surface area contributed by atoms with E-state index in [4.69, 9.17) is 4.74 Å². The van der Waals surface area contributed by atoms with E-state index in [9.17, 15) is 4.79 Å². The van der Waals surface area contributed by atoms with Crippen LogP contribution in [0.25, 0.3) is 11.0 Å². The number of carbonyl (C=O) groups excluding carboxylic acids is 1. The molecule has 0 aromatic carbocycles. The molecule has 4 rings (SSSR count). The molecule has 10 nitrogen and oxygen atoms in total. The van der Waals surface area contributed by atoms with Gasteiger partial charge in [0, 0.05) is 39.4 Å². The van der Waals surface area contributed by atoms with Crippen LogP contribution in [0.2, 0.25) is 0 Å². The lowest BCUT2D eigenvalue weighted by Crippen LogP contribution is -2.47. The van der Waals surface area contributed by atoms with Gasteiger partial charge in [-0.15, -0.1) is 0 Å². The van der Waals surface area contributed by atoms with Gasteiger partial charge in [0.05, 0.1) is 29.4 Å². The lowest BCUT2D eigenvalue weighted by Gasteiger charge is -2.35. The Labute approximate surface area is 162 Å². The van der Waals surface area contributed by atoms with Crippen molar-refractivity contribution in [3.63, 3.8) is 0 Å². The van der Waals surface area contributed by atoms with E-state index in [-0.39, 0.29) is 5.97 Å². The summed E-state index contributed by atoms with van der Waals surface area (Å²) in [5, 5.41) is 5.23. The van der Waals surface area contributed by atoms with E-state index >= 15 is 0 Å².